The molecule has 0 saturated carbocycles. The van der Waals surface area contributed by atoms with E-state index in [4.69, 9.17) is 0 Å². The molecule has 0 aliphatic rings. The van der Waals surface area contributed by atoms with Crippen LogP contribution in [0.25, 0.3) is 5.69 Å². The molecule has 0 radical (unpaired) electrons. The zero-order chi connectivity index (χ0) is 16.1. The van der Waals surface area contributed by atoms with Crippen molar-refractivity contribution in [2.45, 2.75) is 19.9 Å². The quantitative estimate of drug-likeness (QED) is 0.889. The van der Waals surface area contributed by atoms with Gasteiger partial charge in [-0.1, -0.05) is 6.92 Å². The molecule has 0 aliphatic heterocycles. The van der Waals surface area contributed by atoms with Crippen LogP contribution < -0.4 is 5.32 Å². The normalized spacial score (nSPS) is 12.4. The number of likely N-dealkylation sites (N-methyl/N-ethyl adjacent to an activating group) is 1. The van der Waals surface area contributed by atoms with Crippen molar-refractivity contribution in [3.63, 3.8) is 0 Å². The number of benzene rings is 1. The van der Waals surface area contributed by atoms with Crippen LogP contribution in [0.4, 0.5) is 4.39 Å². The van der Waals surface area contributed by atoms with Crippen LogP contribution in [0, 0.1) is 5.82 Å². The maximum absolute atomic E-state index is 12.9. The Morgan fingerprint density at radius 1 is 1.41 bits per heavy atom. The molecule has 1 N–H and O–H groups in total. The second-order valence-corrected chi connectivity index (χ2v) is 5.31. The van der Waals surface area contributed by atoms with Gasteiger partial charge in [-0.3, -0.25) is 9.69 Å². The molecule has 2 aromatic rings. The molecule has 0 unspecified atom stereocenters. The first-order valence-electron chi connectivity index (χ1n) is 7.28. The summed E-state index contributed by atoms with van der Waals surface area (Å²) in [5, 5.41) is 7.20. The van der Waals surface area contributed by atoms with Crippen LogP contribution in [0.2, 0.25) is 0 Å². The number of nitrogens with zero attached hydrogens (tertiary/aromatic N) is 3. The summed E-state index contributed by atoms with van der Waals surface area (Å²) in [5.74, 6) is -0.303. The summed E-state index contributed by atoms with van der Waals surface area (Å²) >= 11 is 0. The van der Waals surface area contributed by atoms with E-state index < -0.39 is 0 Å². The second kappa shape index (κ2) is 7.17. The van der Waals surface area contributed by atoms with Crippen molar-refractivity contribution in [3.8, 4) is 5.69 Å². The molecule has 0 aliphatic carbocycles. The van der Waals surface area contributed by atoms with E-state index in [-0.39, 0.29) is 17.8 Å². The van der Waals surface area contributed by atoms with E-state index >= 15 is 0 Å². The predicted molar refractivity (Wildman–Crippen MR) is 83.3 cm³/mol. The first-order valence-corrected chi connectivity index (χ1v) is 7.28. The molecular formula is C16H21FN4O. The molecule has 1 atom stereocenters. The summed E-state index contributed by atoms with van der Waals surface area (Å²) in [4.78, 5) is 13.8. The molecule has 0 fully saturated rings. The Kier molecular flexibility index (Phi) is 5.27. The Balaban J connectivity index is 2.01. The van der Waals surface area contributed by atoms with Crippen LogP contribution in [0.1, 0.15) is 25.5 Å². The van der Waals surface area contributed by atoms with E-state index in [2.05, 4.69) is 10.4 Å². The highest BCUT2D eigenvalue weighted by atomic mass is 19.1. The molecule has 0 saturated heterocycles. The third-order valence-electron chi connectivity index (χ3n) is 3.52. The van der Waals surface area contributed by atoms with Crippen molar-refractivity contribution in [3.05, 3.63) is 48.0 Å². The number of amides is 1. The highest BCUT2D eigenvalue weighted by Gasteiger charge is 2.13. The van der Waals surface area contributed by atoms with Gasteiger partial charge in [-0.2, -0.15) is 5.10 Å². The van der Waals surface area contributed by atoms with Crippen molar-refractivity contribution in [1.29, 1.82) is 0 Å². The molecule has 1 aromatic carbocycles. The van der Waals surface area contributed by atoms with Crippen LogP contribution >= 0.6 is 0 Å². The molecule has 6 heteroatoms. The maximum Gasteiger partial charge on any atom is 0.234 e. The average molecular weight is 304 g/mol. The van der Waals surface area contributed by atoms with Gasteiger partial charge in [0.15, 0.2) is 0 Å². The lowest BCUT2D eigenvalue weighted by Crippen LogP contribution is -2.36. The van der Waals surface area contributed by atoms with Crippen LogP contribution in [0.5, 0.6) is 0 Å². The van der Waals surface area contributed by atoms with Crippen LogP contribution in [0.3, 0.4) is 0 Å². The van der Waals surface area contributed by atoms with Crippen molar-refractivity contribution in [2.75, 3.05) is 20.1 Å². The Morgan fingerprint density at radius 3 is 2.73 bits per heavy atom. The molecule has 22 heavy (non-hydrogen) atoms. The van der Waals surface area contributed by atoms with E-state index in [9.17, 15) is 9.18 Å². The van der Waals surface area contributed by atoms with Crippen LogP contribution in [-0.2, 0) is 4.79 Å². The molecular weight excluding hydrogens is 283 g/mol. The minimum Gasteiger partial charge on any atom is -0.348 e. The van der Waals surface area contributed by atoms with Gasteiger partial charge >= 0.3 is 0 Å². The molecule has 5 nitrogen and oxygen atoms in total. The molecule has 1 heterocycles. The highest BCUT2D eigenvalue weighted by molar-refractivity contribution is 5.78. The summed E-state index contributed by atoms with van der Waals surface area (Å²) in [6.45, 7) is 5.11. The third-order valence-corrected chi connectivity index (χ3v) is 3.52. The standard InChI is InChI=1S/C16H21FN4O/c1-4-20(3)11-16(22)19-12(2)13-9-18-21(10-13)15-7-5-14(17)6-8-15/h5-10,12H,4,11H2,1-3H3,(H,19,22)/t12-/m0/s1. The number of hydrogen-bond donors (Lipinski definition) is 1. The minimum absolute atomic E-state index is 0.0219. The Hall–Kier alpha value is -2.21. The summed E-state index contributed by atoms with van der Waals surface area (Å²) in [6.07, 6.45) is 3.54. The molecule has 0 spiro atoms. The Labute approximate surface area is 129 Å². The number of aromatic nitrogens is 2. The molecule has 1 amide bonds. The van der Waals surface area contributed by atoms with Crippen molar-refractivity contribution in [2.24, 2.45) is 0 Å². The first-order chi connectivity index (χ1) is 10.5. The van der Waals surface area contributed by atoms with E-state index in [0.29, 0.717) is 6.54 Å². The molecule has 1 aromatic heterocycles. The number of carbonyl (C=O) groups excluding carboxylic acids is 1. The molecule has 2 rings (SSSR count). The monoisotopic (exact) mass is 304 g/mol. The largest absolute Gasteiger partial charge is 0.348 e. The number of carbonyl (C=O) groups is 1. The van der Waals surface area contributed by atoms with Gasteiger partial charge in [-0.25, -0.2) is 9.07 Å². The number of nitrogens with one attached hydrogen (secondary N) is 1. The fourth-order valence-electron chi connectivity index (χ4n) is 2.02. The van der Waals surface area contributed by atoms with Gasteiger partial charge in [0.1, 0.15) is 5.82 Å². The topological polar surface area (TPSA) is 50.2 Å². The van der Waals surface area contributed by atoms with Gasteiger partial charge in [0.25, 0.3) is 0 Å². The fourth-order valence-corrected chi connectivity index (χ4v) is 2.02. The number of rotatable bonds is 6. The van der Waals surface area contributed by atoms with E-state index in [1.807, 2.05) is 32.0 Å². The molecule has 118 valence electrons. The maximum atomic E-state index is 12.9. The molecule has 0 bridgehead atoms. The average Bonchev–Trinajstić information content (AvgIpc) is 2.97. The Bertz CT molecular complexity index is 623. The smallest absolute Gasteiger partial charge is 0.234 e. The fraction of sp³-hybridized carbons (Fsp3) is 0.375. The van der Waals surface area contributed by atoms with Crippen LogP contribution in [-0.4, -0.2) is 40.7 Å². The minimum atomic E-state index is -0.281. The Morgan fingerprint density at radius 2 is 2.09 bits per heavy atom. The lowest BCUT2D eigenvalue weighted by Gasteiger charge is -2.16. The van der Waals surface area contributed by atoms with Gasteiger partial charge in [0, 0.05) is 11.8 Å². The SMILES string of the molecule is CCN(C)CC(=O)N[C@@H](C)c1cnn(-c2ccc(F)cc2)c1. The zero-order valence-corrected chi connectivity index (χ0v) is 13.1. The summed E-state index contributed by atoms with van der Waals surface area (Å²) in [6, 6.07) is 5.97. The summed E-state index contributed by atoms with van der Waals surface area (Å²) in [5.41, 5.74) is 1.67. The third kappa shape index (κ3) is 4.14. The number of halogens is 1. The summed E-state index contributed by atoms with van der Waals surface area (Å²) in [7, 11) is 1.90. The first kappa shape index (κ1) is 16.2. The van der Waals surface area contributed by atoms with Gasteiger partial charge in [0.2, 0.25) is 5.91 Å². The lowest BCUT2D eigenvalue weighted by molar-refractivity contribution is -0.122. The highest BCUT2D eigenvalue weighted by Crippen LogP contribution is 2.14. The lowest BCUT2D eigenvalue weighted by atomic mass is 10.2. The van der Waals surface area contributed by atoms with Crippen LogP contribution in [0.15, 0.2) is 36.7 Å². The van der Waals surface area contributed by atoms with Gasteiger partial charge < -0.3 is 5.32 Å². The van der Waals surface area contributed by atoms with E-state index in [0.717, 1.165) is 17.8 Å². The van der Waals surface area contributed by atoms with Gasteiger partial charge in [-0.15, -0.1) is 0 Å². The van der Waals surface area contributed by atoms with Crippen molar-refractivity contribution in [1.82, 2.24) is 20.0 Å². The second-order valence-electron chi connectivity index (χ2n) is 5.31. The zero-order valence-electron chi connectivity index (χ0n) is 13.1. The van der Waals surface area contributed by atoms with Gasteiger partial charge in [-0.05, 0) is 44.8 Å². The predicted octanol–water partition coefficient (Wildman–Crippen LogP) is 2.14. The van der Waals surface area contributed by atoms with Gasteiger partial charge in [0.05, 0.1) is 24.5 Å². The van der Waals surface area contributed by atoms with Crippen molar-refractivity contribution >= 4 is 5.91 Å². The van der Waals surface area contributed by atoms with Crippen molar-refractivity contribution < 1.29 is 9.18 Å². The van der Waals surface area contributed by atoms with E-state index in [1.165, 1.54) is 12.1 Å². The van der Waals surface area contributed by atoms with E-state index in [1.54, 1.807) is 23.0 Å². The summed E-state index contributed by atoms with van der Waals surface area (Å²) < 4.78 is 14.6. The number of hydrogen-bond acceptors (Lipinski definition) is 3.